The number of nitrogens with zero attached hydrogens (tertiary/aromatic N) is 1. The molecule has 0 radical (unpaired) electrons. The number of para-hydroxylation sites is 2. The lowest BCUT2D eigenvalue weighted by atomic mass is 9.97. The van der Waals surface area contributed by atoms with E-state index < -0.39 is 0 Å². The molecule has 0 unspecified atom stereocenters. The maximum Gasteiger partial charge on any atom is 0.257 e. The summed E-state index contributed by atoms with van der Waals surface area (Å²) in [5, 5.41) is 3.68. The molecule has 0 fully saturated rings. The van der Waals surface area contributed by atoms with Crippen LogP contribution in [0.5, 0.6) is 0 Å². The van der Waals surface area contributed by atoms with Crippen LogP contribution < -0.4 is 5.32 Å². The average Bonchev–Trinajstić information content (AvgIpc) is 2.68. The normalized spacial score (nSPS) is 10.7. The van der Waals surface area contributed by atoms with Crippen LogP contribution in [0.2, 0.25) is 0 Å². The molecule has 3 aromatic carbocycles. The van der Waals surface area contributed by atoms with Gasteiger partial charge < -0.3 is 5.32 Å². The van der Waals surface area contributed by atoms with Crippen LogP contribution in [0.3, 0.4) is 0 Å². The van der Waals surface area contributed by atoms with E-state index in [2.05, 4.69) is 10.3 Å². The van der Waals surface area contributed by atoms with Gasteiger partial charge in [-0.25, -0.2) is 4.39 Å². The van der Waals surface area contributed by atoms with Crippen LogP contribution >= 0.6 is 0 Å². The van der Waals surface area contributed by atoms with E-state index in [0.29, 0.717) is 16.8 Å². The van der Waals surface area contributed by atoms with Crippen molar-refractivity contribution in [2.45, 2.75) is 0 Å². The molecule has 0 aliphatic carbocycles. The summed E-state index contributed by atoms with van der Waals surface area (Å²) in [6.07, 6.45) is 1.66. The average molecular weight is 342 g/mol. The van der Waals surface area contributed by atoms with Crippen molar-refractivity contribution >= 4 is 22.5 Å². The fourth-order valence-corrected chi connectivity index (χ4v) is 2.95. The van der Waals surface area contributed by atoms with Crippen LogP contribution in [0.15, 0.2) is 85.1 Å². The minimum Gasteiger partial charge on any atom is -0.322 e. The number of hydrogen-bond donors (Lipinski definition) is 1. The molecular weight excluding hydrogens is 327 g/mol. The fourth-order valence-electron chi connectivity index (χ4n) is 2.95. The highest BCUT2D eigenvalue weighted by atomic mass is 19.1. The SMILES string of the molecule is O=C(Nc1ccccc1)c1c(-c2ccc(F)cc2)cnc2ccccc12. The number of aromatic nitrogens is 1. The Bertz CT molecular complexity index is 1080. The van der Waals surface area contributed by atoms with Gasteiger partial charge in [0.15, 0.2) is 0 Å². The zero-order valence-corrected chi connectivity index (χ0v) is 13.8. The summed E-state index contributed by atoms with van der Waals surface area (Å²) in [6, 6.07) is 22.8. The minimum atomic E-state index is -0.321. The highest BCUT2D eigenvalue weighted by Crippen LogP contribution is 2.30. The van der Waals surface area contributed by atoms with Gasteiger partial charge in [-0.3, -0.25) is 9.78 Å². The Kier molecular flexibility index (Phi) is 4.15. The Labute approximate surface area is 150 Å². The second kappa shape index (κ2) is 6.76. The molecule has 4 heteroatoms. The molecule has 0 aliphatic heterocycles. The number of anilines is 1. The van der Waals surface area contributed by atoms with E-state index in [0.717, 1.165) is 16.5 Å². The highest BCUT2D eigenvalue weighted by Gasteiger charge is 2.18. The van der Waals surface area contributed by atoms with Crippen molar-refractivity contribution in [2.24, 2.45) is 0 Å². The predicted molar refractivity (Wildman–Crippen MR) is 102 cm³/mol. The smallest absolute Gasteiger partial charge is 0.257 e. The van der Waals surface area contributed by atoms with E-state index in [1.165, 1.54) is 12.1 Å². The van der Waals surface area contributed by atoms with Gasteiger partial charge in [-0.05, 0) is 35.9 Å². The van der Waals surface area contributed by atoms with E-state index in [-0.39, 0.29) is 11.7 Å². The maximum atomic E-state index is 13.3. The van der Waals surface area contributed by atoms with Crippen molar-refractivity contribution in [3.8, 4) is 11.1 Å². The lowest BCUT2D eigenvalue weighted by molar-refractivity contribution is 0.102. The van der Waals surface area contributed by atoms with Gasteiger partial charge in [0.25, 0.3) is 5.91 Å². The maximum absolute atomic E-state index is 13.3. The quantitative estimate of drug-likeness (QED) is 0.549. The van der Waals surface area contributed by atoms with Gasteiger partial charge in [0.1, 0.15) is 5.82 Å². The van der Waals surface area contributed by atoms with Crippen LogP contribution in [-0.4, -0.2) is 10.9 Å². The Morgan fingerprint density at radius 2 is 1.54 bits per heavy atom. The Morgan fingerprint density at radius 1 is 0.846 bits per heavy atom. The number of nitrogens with one attached hydrogen (secondary N) is 1. The molecule has 0 aliphatic rings. The summed E-state index contributed by atoms with van der Waals surface area (Å²) < 4.78 is 13.3. The second-order valence-corrected chi connectivity index (χ2v) is 5.89. The lowest BCUT2D eigenvalue weighted by Gasteiger charge is -2.13. The molecule has 126 valence electrons. The van der Waals surface area contributed by atoms with Crippen LogP contribution in [0.1, 0.15) is 10.4 Å². The molecule has 0 spiro atoms. The van der Waals surface area contributed by atoms with Gasteiger partial charge in [0, 0.05) is 22.8 Å². The summed E-state index contributed by atoms with van der Waals surface area (Å²) in [4.78, 5) is 17.5. The molecule has 4 rings (SSSR count). The van der Waals surface area contributed by atoms with Crippen molar-refractivity contribution in [2.75, 3.05) is 5.32 Å². The molecule has 0 atom stereocenters. The summed E-state index contributed by atoms with van der Waals surface area (Å²) in [5.74, 6) is -0.549. The number of halogens is 1. The summed E-state index contributed by atoms with van der Waals surface area (Å²) in [6.45, 7) is 0. The first-order chi connectivity index (χ1) is 12.7. The number of pyridine rings is 1. The minimum absolute atomic E-state index is 0.228. The molecule has 3 nitrogen and oxygen atoms in total. The van der Waals surface area contributed by atoms with Crippen LogP contribution in [-0.2, 0) is 0 Å². The fraction of sp³-hybridized carbons (Fsp3) is 0. The number of carbonyl (C=O) groups excluding carboxylic acids is 1. The third kappa shape index (κ3) is 3.05. The second-order valence-electron chi connectivity index (χ2n) is 5.89. The molecular formula is C22H15FN2O. The largest absolute Gasteiger partial charge is 0.322 e. The Balaban J connectivity index is 1.88. The number of hydrogen-bond acceptors (Lipinski definition) is 2. The van der Waals surface area contributed by atoms with Gasteiger partial charge in [0.05, 0.1) is 11.1 Å². The zero-order valence-electron chi connectivity index (χ0n) is 13.8. The van der Waals surface area contributed by atoms with Gasteiger partial charge in [-0.2, -0.15) is 0 Å². The molecule has 0 bridgehead atoms. The first-order valence-corrected chi connectivity index (χ1v) is 8.22. The highest BCUT2D eigenvalue weighted by molar-refractivity contribution is 6.16. The third-order valence-corrected chi connectivity index (χ3v) is 4.19. The molecule has 1 heterocycles. The van der Waals surface area contributed by atoms with E-state index in [9.17, 15) is 9.18 Å². The van der Waals surface area contributed by atoms with Crippen LogP contribution in [0.25, 0.3) is 22.0 Å². The number of fused-ring (bicyclic) bond motifs is 1. The van der Waals surface area contributed by atoms with E-state index in [4.69, 9.17) is 0 Å². The number of benzene rings is 3. The molecule has 4 aromatic rings. The number of carbonyl (C=O) groups is 1. The Hall–Kier alpha value is -3.53. The van der Waals surface area contributed by atoms with Gasteiger partial charge in [-0.15, -0.1) is 0 Å². The molecule has 0 saturated carbocycles. The summed E-state index contributed by atoms with van der Waals surface area (Å²) in [5.41, 5.74) is 3.37. The topological polar surface area (TPSA) is 42.0 Å². The van der Waals surface area contributed by atoms with E-state index >= 15 is 0 Å². The molecule has 26 heavy (non-hydrogen) atoms. The molecule has 0 saturated heterocycles. The lowest BCUT2D eigenvalue weighted by Crippen LogP contribution is -2.14. The van der Waals surface area contributed by atoms with Crippen molar-refractivity contribution in [3.05, 3.63) is 96.4 Å². The van der Waals surface area contributed by atoms with Crippen molar-refractivity contribution in [1.29, 1.82) is 0 Å². The summed E-state index contributed by atoms with van der Waals surface area (Å²) in [7, 11) is 0. The standard InChI is InChI=1S/C22H15FN2O/c23-16-12-10-15(11-13-16)19-14-24-20-9-5-4-8-18(20)21(19)22(26)25-17-6-2-1-3-7-17/h1-14H,(H,25,26). The first kappa shape index (κ1) is 16.0. The Morgan fingerprint density at radius 3 is 2.31 bits per heavy atom. The van der Waals surface area contributed by atoms with Gasteiger partial charge in [0.2, 0.25) is 0 Å². The zero-order chi connectivity index (χ0) is 17.9. The first-order valence-electron chi connectivity index (χ1n) is 8.22. The predicted octanol–water partition coefficient (Wildman–Crippen LogP) is 5.29. The van der Waals surface area contributed by atoms with Crippen molar-refractivity contribution in [3.63, 3.8) is 0 Å². The van der Waals surface area contributed by atoms with Crippen LogP contribution in [0, 0.1) is 5.82 Å². The van der Waals surface area contributed by atoms with Crippen molar-refractivity contribution in [1.82, 2.24) is 4.98 Å². The van der Waals surface area contributed by atoms with E-state index in [1.807, 2.05) is 54.6 Å². The molecule has 1 aromatic heterocycles. The molecule has 1 N–H and O–H groups in total. The third-order valence-electron chi connectivity index (χ3n) is 4.19. The summed E-state index contributed by atoms with van der Waals surface area (Å²) >= 11 is 0. The number of rotatable bonds is 3. The van der Waals surface area contributed by atoms with E-state index in [1.54, 1.807) is 18.3 Å². The van der Waals surface area contributed by atoms with Crippen molar-refractivity contribution < 1.29 is 9.18 Å². The monoisotopic (exact) mass is 342 g/mol. The molecule has 1 amide bonds. The van der Waals surface area contributed by atoms with Gasteiger partial charge in [-0.1, -0.05) is 48.5 Å². The van der Waals surface area contributed by atoms with Crippen LogP contribution in [0.4, 0.5) is 10.1 Å². The van der Waals surface area contributed by atoms with Gasteiger partial charge >= 0.3 is 0 Å². The number of amides is 1.